The molecule has 1 rings (SSSR count). The lowest BCUT2D eigenvalue weighted by molar-refractivity contribution is 0.0963. The maximum atomic E-state index is 11.3. The molecule has 0 aliphatic carbocycles. The molecular formula is C15H20N2O. The van der Waals surface area contributed by atoms with Gasteiger partial charge in [0.25, 0.3) is 5.91 Å². The van der Waals surface area contributed by atoms with Gasteiger partial charge in [0, 0.05) is 25.6 Å². The van der Waals surface area contributed by atoms with Gasteiger partial charge in [0.05, 0.1) is 0 Å². The highest BCUT2D eigenvalue weighted by molar-refractivity contribution is 5.93. The number of carbonyl (C=O) groups is 1. The van der Waals surface area contributed by atoms with Crippen molar-refractivity contribution < 1.29 is 4.79 Å². The molecule has 3 nitrogen and oxygen atoms in total. The van der Waals surface area contributed by atoms with E-state index in [0.29, 0.717) is 5.56 Å². The number of carbonyl (C=O) groups excluding carboxylic acids is 1. The summed E-state index contributed by atoms with van der Waals surface area (Å²) in [7, 11) is 1.63. The molecule has 0 fully saturated rings. The first-order valence-electron chi connectivity index (χ1n) is 6.23. The van der Waals surface area contributed by atoms with Crippen LogP contribution < -0.4 is 10.6 Å². The van der Waals surface area contributed by atoms with Crippen molar-refractivity contribution in [3.05, 3.63) is 35.4 Å². The van der Waals surface area contributed by atoms with Crippen molar-refractivity contribution in [2.75, 3.05) is 13.6 Å². The Hall–Kier alpha value is -1.79. The van der Waals surface area contributed by atoms with E-state index in [-0.39, 0.29) is 5.91 Å². The molecule has 0 radical (unpaired) electrons. The minimum absolute atomic E-state index is 0.0520. The van der Waals surface area contributed by atoms with Crippen LogP contribution in [0.4, 0.5) is 0 Å². The third-order valence-corrected chi connectivity index (χ3v) is 2.70. The van der Waals surface area contributed by atoms with Gasteiger partial charge in [-0.05, 0) is 37.1 Å². The molecule has 0 aliphatic heterocycles. The van der Waals surface area contributed by atoms with Gasteiger partial charge in [0.15, 0.2) is 0 Å². The van der Waals surface area contributed by atoms with E-state index in [2.05, 4.69) is 16.6 Å². The van der Waals surface area contributed by atoms with Crippen molar-refractivity contribution in [2.24, 2.45) is 0 Å². The van der Waals surface area contributed by atoms with Gasteiger partial charge >= 0.3 is 0 Å². The zero-order valence-electron chi connectivity index (χ0n) is 10.8. The lowest BCUT2D eigenvalue weighted by atomic mass is 10.1. The van der Waals surface area contributed by atoms with E-state index in [9.17, 15) is 4.79 Å². The first kappa shape index (κ1) is 14.3. The number of hydrogen-bond acceptors (Lipinski definition) is 2. The molecule has 3 heteroatoms. The number of hydrogen-bond donors (Lipinski definition) is 2. The van der Waals surface area contributed by atoms with Crippen LogP contribution in [0.15, 0.2) is 24.3 Å². The van der Waals surface area contributed by atoms with E-state index in [1.807, 2.05) is 24.3 Å². The highest BCUT2D eigenvalue weighted by Gasteiger charge is 2.01. The number of benzene rings is 1. The molecule has 0 atom stereocenters. The van der Waals surface area contributed by atoms with Crippen molar-refractivity contribution in [2.45, 2.75) is 25.8 Å². The number of amides is 1. The normalized spacial score (nSPS) is 9.78. The van der Waals surface area contributed by atoms with Gasteiger partial charge in [-0.1, -0.05) is 12.1 Å². The smallest absolute Gasteiger partial charge is 0.251 e. The van der Waals surface area contributed by atoms with Gasteiger partial charge in [-0.15, -0.1) is 12.3 Å². The van der Waals surface area contributed by atoms with Gasteiger partial charge in [0.1, 0.15) is 0 Å². The summed E-state index contributed by atoms with van der Waals surface area (Å²) in [4.78, 5) is 11.3. The molecule has 0 heterocycles. The Morgan fingerprint density at radius 1 is 1.28 bits per heavy atom. The molecule has 0 spiro atoms. The molecule has 1 aromatic rings. The molecular weight excluding hydrogens is 224 g/mol. The van der Waals surface area contributed by atoms with Crippen LogP contribution in [0, 0.1) is 12.3 Å². The molecule has 18 heavy (non-hydrogen) atoms. The Bertz CT molecular complexity index is 403. The van der Waals surface area contributed by atoms with Crippen molar-refractivity contribution in [1.82, 2.24) is 10.6 Å². The van der Waals surface area contributed by atoms with Gasteiger partial charge < -0.3 is 10.6 Å². The third kappa shape index (κ3) is 5.03. The fraction of sp³-hybridized carbons (Fsp3) is 0.400. The van der Waals surface area contributed by atoms with Crippen molar-refractivity contribution in [3.8, 4) is 12.3 Å². The van der Waals surface area contributed by atoms with E-state index in [4.69, 9.17) is 6.42 Å². The molecule has 2 N–H and O–H groups in total. The summed E-state index contributed by atoms with van der Waals surface area (Å²) in [5, 5.41) is 5.96. The summed E-state index contributed by atoms with van der Waals surface area (Å²) < 4.78 is 0. The van der Waals surface area contributed by atoms with Crippen LogP contribution in [-0.4, -0.2) is 19.5 Å². The first-order chi connectivity index (χ1) is 8.77. The number of unbranched alkanes of at least 4 members (excludes halogenated alkanes) is 2. The second-order valence-corrected chi connectivity index (χ2v) is 4.11. The molecule has 0 saturated heterocycles. The zero-order valence-corrected chi connectivity index (χ0v) is 10.8. The minimum atomic E-state index is -0.0520. The summed E-state index contributed by atoms with van der Waals surface area (Å²) >= 11 is 0. The van der Waals surface area contributed by atoms with Gasteiger partial charge in [-0.3, -0.25) is 4.79 Å². The summed E-state index contributed by atoms with van der Waals surface area (Å²) in [6.45, 7) is 1.79. The highest BCUT2D eigenvalue weighted by atomic mass is 16.1. The maximum absolute atomic E-state index is 11.3. The molecule has 0 unspecified atom stereocenters. The highest BCUT2D eigenvalue weighted by Crippen LogP contribution is 2.04. The first-order valence-corrected chi connectivity index (χ1v) is 6.23. The number of rotatable bonds is 7. The molecule has 0 aromatic heterocycles. The van der Waals surface area contributed by atoms with E-state index in [1.54, 1.807) is 7.05 Å². The van der Waals surface area contributed by atoms with Crippen LogP contribution in [0.2, 0.25) is 0 Å². The lowest BCUT2D eigenvalue weighted by Gasteiger charge is -2.05. The Morgan fingerprint density at radius 2 is 2.00 bits per heavy atom. The number of terminal acetylenes is 1. The fourth-order valence-corrected chi connectivity index (χ4v) is 1.63. The summed E-state index contributed by atoms with van der Waals surface area (Å²) in [5.74, 6) is 2.58. The van der Waals surface area contributed by atoms with Crippen LogP contribution in [0.3, 0.4) is 0 Å². The predicted octanol–water partition coefficient (Wildman–Crippen LogP) is 1.94. The lowest BCUT2D eigenvalue weighted by Crippen LogP contribution is -2.18. The predicted molar refractivity (Wildman–Crippen MR) is 74.2 cm³/mol. The van der Waals surface area contributed by atoms with Crippen LogP contribution >= 0.6 is 0 Å². The van der Waals surface area contributed by atoms with E-state index < -0.39 is 0 Å². The van der Waals surface area contributed by atoms with Crippen LogP contribution in [0.25, 0.3) is 0 Å². The monoisotopic (exact) mass is 244 g/mol. The number of nitrogens with one attached hydrogen (secondary N) is 2. The average molecular weight is 244 g/mol. The molecule has 0 bridgehead atoms. The van der Waals surface area contributed by atoms with Crippen molar-refractivity contribution >= 4 is 5.91 Å². The van der Waals surface area contributed by atoms with Crippen molar-refractivity contribution in [3.63, 3.8) is 0 Å². The van der Waals surface area contributed by atoms with Crippen LogP contribution in [0.1, 0.15) is 35.2 Å². The van der Waals surface area contributed by atoms with Gasteiger partial charge in [0.2, 0.25) is 0 Å². The molecule has 0 saturated carbocycles. The Kier molecular flexibility index (Phi) is 6.60. The summed E-state index contributed by atoms with van der Waals surface area (Å²) in [5.41, 5.74) is 1.87. The molecule has 0 aliphatic rings. The summed E-state index contributed by atoms with van der Waals surface area (Å²) in [6.07, 6.45) is 8.20. The van der Waals surface area contributed by atoms with Crippen molar-refractivity contribution in [1.29, 1.82) is 0 Å². The van der Waals surface area contributed by atoms with Gasteiger partial charge in [-0.25, -0.2) is 0 Å². The topological polar surface area (TPSA) is 41.1 Å². The Labute approximate surface area is 109 Å². The second-order valence-electron chi connectivity index (χ2n) is 4.11. The van der Waals surface area contributed by atoms with Crippen LogP contribution in [-0.2, 0) is 6.54 Å². The van der Waals surface area contributed by atoms with Crippen LogP contribution in [0.5, 0.6) is 0 Å². The third-order valence-electron chi connectivity index (χ3n) is 2.70. The van der Waals surface area contributed by atoms with E-state index in [0.717, 1.165) is 32.4 Å². The average Bonchev–Trinajstić information content (AvgIpc) is 2.42. The standard InChI is InChI=1S/C15H20N2O/c1-3-4-5-6-11-17-12-13-7-9-14(10-8-13)15(18)16-2/h1,7-10,17H,4-6,11-12H2,2H3,(H,16,18). The minimum Gasteiger partial charge on any atom is -0.355 e. The molecule has 96 valence electrons. The molecule has 1 aromatic carbocycles. The van der Waals surface area contributed by atoms with E-state index in [1.165, 1.54) is 5.56 Å². The van der Waals surface area contributed by atoms with Gasteiger partial charge in [-0.2, -0.15) is 0 Å². The Morgan fingerprint density at radius 3 is 2.61 bits per heavy atom. The zero-order chi connectivity index (χ0) is 13.2. The maximum Gasteiger partial charge on any atom is 0.251 e. The summed E-state index contributed by atoms with van der Waals surface area (Å²) in [6, 6.07) is 7.63. The van der Waals surface area contributed by atoms with E-state index >= 15 is 0 Å². The Balaban J connectivity index is 2.27. The largest absolute Gasteiger partial charge is 0.355 e. The second kappa shape index (κ2) is 8.32. The molecule has 1 amide bonds. The fourth-order valence-electron chi connectivity index (χ4n) is 1.63. The SMILES string of the molecule is C#CCCCCNCc1ccc(C(=O)NC)cc1. The quantitative estimate of drug-likeness (QED) is 0.568.